The van der Waals surface area contributed by atoms with Crippen LogP contribution < -0.4 is 4.74 Å². The fourth-order valence-corrected chi connectivity index (χ4v) is 1.95. The fourth-order valence-electron chi connectivity index (χ4n) is 1.95. The van der Waals surface area contributed by atoms with Crippen molar-refractivity contribution >= 4 is 5.78 Å². The van der Waals surface area contributed by atoms with Gasteiger partial charge >= 0.3 is 6.36 Å². The van der Waals surface area contributed by atoms with Gasteiger partial charge in [0, 0.05) is 23.5 Å². The van der Waals surface area contributed by atoms with Crippen LogP contribution >= 0.6 is 0 Å². The van der Waals surface area contributed by atoms with Gasteiger partial charge in [0.05, 0.1) is 0 Å². The first-order chi connectivity index (χ1) is 9.94. The summed E-state index contributed by atoms with van der Waals surface area (Å²) in [7, 11) is 0. The molecule has 0 radical (unpaired) electrons. The maximum absolute atomic E-state index is 12.4. The minimum Gasteiger partial charge on any atom is -0.405 e. The highest BCUT2D eigenvalue weighted by Crippen LogP contribution is 2.33. The summed E-state index contributed by atoms with van der Waals surface area (Å²) >= 11 is 0. The standard InChI is InChI=1S/C13H9F3N4O/c1-8-18-19-12-17-6-9(7-20(8)12)10-4-2-3-5-11(10)21-13(14,15)16/h2-7H,1H3. The van der Waals surface area contributed by atoms with E-state index in [9.17, 15) is 13.2 Å². The van der Waals surface area contributed by atoms with Crippen molar-refractivity contribution in [3.63, 3.8) is 0 Å². The van der Waals surface area contributed by atoms with Crippen molar-refractivity contribution in [1.29, 1.82) is 0 Å². The first-order valence-electron chi connectivity index (χ1n) is 5.96. The van der Waals surface area contributed by atoms with Gasteiger partial charge in [-0.15, -0.1) is 23.4 Å². The molecular formula is C13H9F3N4O. The Balaban J connectivity index is 2.11. The zero-order chi connectivity index (χ0) is 15.0. The minimum absolute atomic E-state index is 0.281. The summed E-state index contributed by atoms with van der Waals surface area (Å²) in [5.74, 6) is 0.691. The molecule has 0 aliphatic heterocycles. The van der Waals surface area contributed by atoms with Gasteiger partial charge in [-0.2, -0.15) is 0 Å². The van der Waals surface area contributed by atoms with Crippen LogP contribution in [0.25, 0.3) is 16.9 Å². The van der Waals surface area contributed by atoms with E-state index >= 15 is 0 Å². The van der Waals surface area contributed by atoms with Crippen LogP contribution in [0.2, 0.25) is 0 Å². The summed E-state index contributed by atoms with van der Waals surface area (Å²) in [4.78, 5) is 4.07. The smallest absolute Gasteiger partial charge is 0.405 e. The largest absolute Gasteiger partial charge is 0.573 e. The molecule has 0 saturated carbocycles. The van der Waals surface area contributed by atoms with Crippen molar-refractivity contribution in [2.75, 3.05) is 0 Å². The van der Waals surface area contributed by atoms with Gasteiger partial charge < -0.3 is 4.74 Å². The predicted molar refractivity (Wildman–Crippen MR) is 67.6 cm³/mol. The average molecular weight is 294 g/mol. The molecule has 0 amide bonds. The van der Waals surface area contributed by atoms with Gasteiger partial charge in [-0.1, -0.05) is 18.2 Å². The van der Waals surface area contributed by atoms with E-state index in [2.05, 4.69) is 19.9 Å². The van der Waals surface area contributed by atoms with Crippen molar-refractivity contribution in [3.8, 4) is 16.9 Å². The van der Waals surface area contributed by atoms with Crippen LogP contribution in [-0.4, -0.2) is 25.9 Å². The minimum atomic E-state index is -4.75. The number of hydrogen-bond donors (Lipinski definition) is 0. The lowest BCUT2D eigenvalue weighted by Gasteiger charge is -2.13. The van der Waals surface area contributed by atoms with E-state index in [1.807, 2.05) is 0 Å². The van der Waals surface area contributed by atoms with Gasteiger partial charge in [0.2, 0.25) is 0 Å². The van der Waals surface area contributed by atoms with Crippen molar-refractivity contribution in [2.45, 2.75) is 13.3 Å². The van der Waals surface area contributed by atoms with Crippen LogP contribution in [0.5, 0.6) is 5.75 Å². The van der Waals surface area contributed by atoms with Crippen LogP contribution in [0.15, 0.2) is 36.7 Å². The van der Waals surface area contributed by atoms with E-state index in [1.54, 1.807) is 23.6 Å². The SMILES string of the molecule is Cc1nnc2ncc(-c3ccccc3OC(F)(F)F)cn12. The Bertz CT molecular complexity index is 797. The molecule has 0 N–H and O–H groups in total. The van der Waals surface area contributed by atoms with Crippen LogP contribution in [0.1, 0.15) is 5.82 Å². The zero-order valence-corrected chi connectivity index (χ0v) is 10.8. The summed E-state index contributed by atoms with van der Waals surface area (Å²) in [6.07, 6.45) is -1.70. The van der Waals surface area contributed by atoms with Crippen LogP contribution in [-0.2, 0) is 0 Å². The van der Waals surface area contributed by atoms with Gasteiger partial charge in [0.15, 0.2) is 0 Å². The quantitative estimate of drug-likeness (QED) is 0.729. The van der Waals surface area contributed by atoms with E-state index in [-0.39, 0.29) is 11.3 Å². The Morgan fingerprint density at radius 3 is 2.67 bits per heavy atom. The number of nitrogens with zero attached hydrogens (tertiary/aromatic N) is 4. The average Bonchev–Trinajstić information content (AvgIpc) is 2.79. The molecule has 0 unspecified atom stereocenters. The van der Waals surface area contributed by atoms with Gasteiger partial charge in [-0.3, -0.25) is 4.40 Å². The summed E-state index contributed by atoms with van der Waals surface area (Å²) in [5.41, 5.74) is 0.766. The monoisotopic (exact) mass is 294 g/mol. The second kappa shape index (κ2) is 4.72. The van der Waals surface area contributed by atoms with Gasteiger partial charge in [0.25, 0.3) is 5.78 Å². The highest BCUT2D eigenvalue weighted by molar-refractivity contribution is 5.69. The number of aromatic nitrogens is 4. The number of hydrogen-bond acceptors (Lipinski definition) is 4. The summed E-state index contributed by atoms with van der Waals surface area (Å²) in [6, 6.07) is 5.89. The maximum Gasteiger partial charge on any atom is 0.573 e. The Morgan fingerprint density at radius 2 is 1.90 bits per heavy atom. The first-order valence-corrected chi connectivity index (χ1v) is 5.96. The molecule has 2 heterocycles. The van der Waals surface area contributed by atoms with E-state index < -0.39 is 6.36 Å². The maximum atomic E-state index is 12.4. The fraction of sp³-hybridized carbons (Fsp3) is 0.154. The molecule has 1 aromatic carbocycles. The Kier molecular flexibility index (Phi) is 3.00. The van der Waals surface area contributed by atoms with Crippen LogP contribution in [0.3, 0.4) is 0 Å². The molecule has 3 rings (SSSR count). The lowest BCUT2D eigenvalue weighted by molar-refractivity contribution is -0.274. The third kappa shape index (κ3) is 2.64. The molecule has 0 aliphatic rings. The lowest BCUT2D eigenvalue weighted by atomic mass is 10.1. The molecule has 5 nitrogen and oxygen atoms in total. The number of aryl methyl sites for hydroxylation is 1. The summed E-state index contributed by atoms with van der Waals surface area (Å²) in [6.45, 7) is 1.73. The van der Waals surface area contributed by atoms with Crippen LogP contribution in [0, 0.1) is 6.92 Å². The summed E-state index contributed by atoms with van der Waals surface area (Å²) < 4.78 is 43.0. The molecule has 0 atom stereocenters. The second-order valence-corrected chi connectivity index (χ2v) is 4.30. The molecule has 0 spiro atoms. The number of ether oxygens (including phenoxy) is 1. The van der Waals surface area contributed by atoms with E-state index in [0.717, 1.165) is 0 Å². The Hall–Kier alpha value is -2.64. The molecule has 0 bridgehead atoms. The normalized spacial score (nSPS) is 11.8. The number of benzene rings is 1. The van der Waals surface area contributed by atoms with Crippen LogP contribution in [0.4, 0.5) is 13.2 Å². The molecule has 0 saturated heterocycles. The van der Waals surface area contributed by atoms with Gasteiger partial charge in [-0.25, -0.2) is 4.98 Å². The van der Waals surface area contributed by atoms with E-state index in [4.69, 9.17) is 0 Å². The Labute approximate surface area is 117 Å². The molecule has 0 fully saturated rings. The molecule has 2 aromatic heterocycles. The zero-order valence-electron chi connectivity index (χ0n) is 10.8. The number of alkyl halides is 3. The number of para-hydroxylation sites is 1. The lowest BCUT2D eigenvalue weighted by Crippen LogP contribution is -2.17. The predicted octanol–water partition coefficient (Wildman–Crippen LogP) is 3.00. The first kappa shape index (κ1) is 13.3. The second-order valence-electron chi connectivity index (χ2n) is 4.30. The van der Waals surface area contributed by atoms with E-state index in [1.165, 1.54) is 24.4 Å². The van der Waals surface area contributed by atoms with E-state index in [0.29, 0.717) is 17.2 Å². The third-order valence-electron chi connectivity index (χ3n) is 2.86. The number of halogens is 3. The van der Waals surface area contributed by atoms with Gasteiger partial charge in [0.1, 0.15) is 11.6 Å². The molecule has 108 valence electrons. The Morgan fingerprint density at radius 1 is 1.14 bits per heavy atom. The topological polar surface area (TPSA) is 52.3 Å². The molecular weight excluding hydrogens is 285 g/mol. The van der Waals surface area contributed by atoms with Crippen molar-refractivity contribution in [3.05, 3.63) is 42.5 Å². The number of fused-ring (bicyclic) bond motifs is 1. The van der Waals surface area contributed by atoms with Gasteiger partial charge in [-0.05, 0) is 13.0 Å². The van der Waals surface area contributed by atoms with Crippen molar-refractivity contribution in [2.24, 2.45) is 0 Å². The molecule has 21 heavy (non-hydrogen) atoms. The molecule has 8 heteroatoms. The van der Waals surface area contributed by atoms with Crippen molar-refractivity contribution in [1.82, 2.24) is 19.6 Å². The third-order valence-corrected chi connectivity index (χ3v) is 2.86. The number of rotatable bonds is 2. The highest BCUT2D eigenvalue weighted by Gasteiger charge is 2.32. The molecule has 3 aromatic rings. The molecule has 0 aliphatic carbocycles. The summed E-state index contributed by atoms with van der Waals surface area (Å²) in [5, 5.41) is 7.68. The highest BCUT2D eigenvalue weighted by atomic mass is 19.4. The van der Waals surface area contributed by atoms with Crippen molar-refractivity contribution < 1.29 is 17.9 Å².